The van der Waals surface area contributed by atoms with E-state index in [1.807, 2.05) is 0 Å². The molecule has 0 radical (unpaired) electrons. The number of fused-ring (bicyclic) bond motifs is 2. The molecule has 0 aromatic heterocycles. The van der Waals surface area contributed by atoms with Gasteiger partial charge in [0.15, 0.2) is 0 Å². The van der Waals surface area contributed by atoms with Crippen LogP contribution in [0.3, 0.4) is 0 Å². The van der Waals surface area contributed by atoms with Gasteiger partial charge in [-0.1, -0.05) is 240 Å². The van der Waals surface area contributed by atoms with Crippen LogP contribution in [0, 0.1) is 194 Å². The fraction of sp³-hybridized carbons (Fsp3) is 0.275. The molecule has 0 nitrogen and oxygen atoms in total. The van der Waals surface area contributed by atoms with Crippen molar-refractivity contribution < 1.29 is 0 Å². The van der Waals surface area contributed by atoms with E-state index >= 15 is 0 Å². The van der Waals surface area contributed by atoms with Crippen molar-refractivity contribution in [2.24, 2.45) is 0 Å². The molecule has 0 bridgehead atoms. The lowest BCUT2D eigenvalue weighted by Gasteiger charge is -2.10. The molecule has 0 unspecified atom stereocenters. The molecule has 0 atom stereocenters. The Labute approximate surface area is 618 Å². The van der Waals surface area contributed by atoms with E-state index in [9.17, 15) is 0 Å². The smallest absolute Gasteiger partial charge is 0.0149 e. The van der Waals surface area contributed by atoms with Gasteiger partial charge in [0.05, 0.1) is 0 Å². The molecule has 102 heavy (non-hydrogen) atoms. The number of aryl methyl sites for hydroxylation is 28. The minimum absolute atomic E-state index is 1.31. The first-order chi connectivity index (χ1) is 48.1. The van der Waals surface area contributed by atoms with Crippen molar-refractivity contribution in [2.45, 2.75) is 194 Å². The summed E-state index contributed by atoms with van der Waals surface area (Å²) in [5.74, 6) is 0. The minimum Gasteiger partial charge on any atom is -0.0587 e. The van der Waals surface area contributed by atoms with E-state index in [-0.39, 0.29) is 0 Å². The van der Waals surface area contributed by atoms with Crippen molar-refractivity contribution in [3.8, 4) is 44.5 Å². The molecule has 0 spiro atoms. The van der Waals surface area contributed by atoms with Gasteiger partial charge >= 0.3 is 0 Å². The van der Waals surface area contributed by atoms with Crippen molar-refractivity contribution in [2.75, 3.05) is 0 Å². The van der Waals surface area contributed by atoms with Crippen molar-refractivity contribution in [3.63, 3.8) is 0 Å². The van der Waals surface area contributed by atoms with Gasteiger partial charge in [0.1, 0.15) is 0 Å². The summed E-state index contributed by atoms with van der Waals surface area (Å²) >= 11 is 0. The zero-order valence-corrected chi connectivity index (χ0v) is 67.6. The van der Waals surface area contributed by atoms with Crippen LogP contribution >= 0.6 is 0 Å². The lowest BCUT2D eigenvalue weighted by Crippen LogP contribution is -1.88. The molecule has 0 aliphatic rings. The summed E-state index contributed by atoms with van der Waals surface area (Å²) in [4.78, 5) is 0. The predicted octanol–water partition coefficient (Wildman–Crippen LogP) is 29.4. The Morgan fingerprint density at radius 1 is 0.118 bits per heavy atom. The minimum atomic E-state index is 1.31. The Balaban J connectivity index is 0.000000167. The van der Waals surface area contributed by atoms with Gasteiger partial charge in [0.2, 0.25) is 0 Å². The molecular formula is C102H118. The van der Waals surface area contributed by atoms with Gasteiger partial charge in [-0.15, -0.1) is 0 Å². The summed E-state index contributed by atoms with van der Waals surface area (Å²) < 4.78 is 0. The second-order valence-electron chi connectivity index (χ2n) is 30.0. The van der Waals surface area contributed by atoms with Crippen LogP contribution in [0.15, 0.2) is 206 Å². The van der Waals surface area contributed by atoms with Crippen molar-refractivity contribution in [3.05, 3.63) is 362 Å². The first-order valence-electron chi connectivity index (χ1n) is 36.7. The van der Waals surface area contributed by atoms with Crippen LogP contribution in [0.25, 0.3) is 66.1 Å². The second-order valence-corrected chi connectivity index (χ2v) is 30.0. The zero-order chi connectivity index (χ0) is 75.1. The molecule has 0 amide bonds. The van der Waals surface area contributed by atoms with E-state index < -0.39 is 0 Å². The van der Waals surface area contributed by atoms with Crippen LogP contribution in [-0.4, -0.2) is 0 Å². The lowest BCUT2D eigenvalue weighted by molar-refractivity contribution is 1.24. The van der Waals surface area contributed by atoms with E-state index in [0.29, 0.717) is 0 Å². The number of benzene rings is 13. The zero-order valence-electron chi connectivity index (χ0n) is 67.6. The van der Waals surface area contributed by atoms with E-state index in [2.05, 4.69) is 400 Å². The summed E-state index contributed by atoms with van der Waals surface area (Å²) in [5.41, 5.74) is 48.7. The lowest BCUT2D eigenvalue weighted by atomic mass is 9.94. The van der Waals surface area contributed by atoms with Crippen LogP contribution in [0.5, 0.6) is 0 Å². The standard InChI is InChI=1S/4C16H18.2C14H16.C10H14/c2*1-11-5-8-16(14(4)9-11)15-7-6-12(2)13(3)10-15;1-11-5-7-15(9-13(11)3)16-8-6-12(2)14(4)10-16;1-11-5-7-15(13(3)9-11)16-8-6-12(2)10-14(16)4;1-9-5-13-7-11(3)12(4)8-14(13)6-10(9)2;1-9-5-11(3)14-8-10(2)6-12(4)13(14)7-9;1-7-5-9(3)10(4)6-8(7)2/h4*5-10H,1-4H3;2*5-8H,1-4H3;5-6H,1-4H3. The molecule has 0 N–H and O–H groups in total. The molecule has 526 valence electrons. The first-order valence-corrected chi connectivity index (χ1v) is 36.7. The average molecular weight is 1340 g/mol. The third kappa shape index (κ3) is 21.7. The number of hydrogen-bond donors (Lipinski definition) is 0. The van der Waals surface area contributed by atoms with Gasteiger partial charge in [0.25, 0.3) is 0 Å². The summed E-state index contributed by atoms with van der Waals surface area (Å²) in [6.07, 6.45) is 0. The van der Waals surface area contributed by atoms with E-state index in [0.717, 1.165) is 0 Å². The average Bonchev–Trinajstić information content (AvgIpc) is 0.813. The molecule has 0 saturated carbocycles. The van der Waals surface area contributed by atoms with Crippen molar-refractivity contribution in [1.29, 1.82) is 0 Å². The Morgan fingerprint density at radius 3 is 0.569 bits per heavy atom. The Kier molecular flexibility index (Phi) is 28.0. The second kappa shape index (κ2) is 35.8. The van der Waals surface area contributed by atoms with E-state index in [1.54, 1.807) is 0 Å². The number of hydrogen-bond acceptors (Lipinski definition) is 0. The fourth-order valence-electron chi connectivity index (χ4n) is 13.3. The summed E-state index contributed by atoms with van der Waals surface area (Å²) in [7, 11) is 0. The first kappa shape index (κ1) is 79.7. The van der Waals surface area contributed by atoms with Gasteiger partial charge in [-0.2, -0.15) is 0 Å². The van der Waals surface area contributed by atoms with E-state index in [1.165, 1.54) is 222 Å². The van der Waals surface area contributed by atoms with E-state index in [4.69, 9.17) is 0 Å². The van der Waals surface area contributed by atoms with Gasteiger partial charge in [-0.05, 0) is 382 Å². The van der Waals surface area contributed by atoms with Gasteiger partial charge in [-0.3, -0.25) is 0 Å². The predicted molar refractivity (Wildman–Crippen MR) is 454 cm³/mol. The maximum Gasteiger partial charge on any atom is -0.0149 e. The largest absolute Gasteiger partial charge is 0.0587 e. The summed E-state index contributed by atoms with van der Waals surface area (Å²) in [6, 6.07) is 75.9. The van der Waals surface area contributed by atoms with Crippen molar-refractivity contribution in [1.82, 2.24) is 0 Å². The van der Waals surface area contributed by atoms with Crippen LogP contribution in [-0.2, 0) is 0 Å². The fourth-order valence-corrected chi connectivity index (χ4v) is 13.3. The molecule has 0 aliphatic carbocycles. The molecule has 0 fully saturated rings. The van der Waals surface area contributed by atoms with Gasteiger partial charge < -0.3 is 0 Å². The highest BCUT2D eigenvalue weighted by molar-refractivity contribution is 5.90. The Morgan fingerprint density at radius 2 is 0.324 bits per heavy atom. The highest BCUT2D eigenvalue weighted by Gasteiger charge is 2.09. The molecule has 13 rings (SSSR count). The molecular weight excluding hydrogens is 1230 g/mol. The Hall–Kier alpha value is -9.62. The highest BCUT2D eigenvalue weighted by Crippen LogP contribution is 2.32. The van der Waals surface area contributed by atoms with Crippen LogP contribution < -0.4 is 0 Å². The molecule has 13 aromatic carbocycles. The topological polar surface area (TPSA) is 0 Å². The van der Waals surface area contributed by atoms with Gasteiger partial charge in [0, 0.05) is 0 Å². The van der Waals surface area contributed by atoms with Crippen LogP contribution in [0.1, 0.15) is 156 Å². The quantitative estimate of drug-likeness (QED) is 0.165. The van der Waals surface area contributed by atoms with Crippen molar-refractivity contribution >= 4 is 21.5 Å². The maximum absolute atomic E-state index is 2.27. The Bertz CT molecular complexity index is 4720. The monoisotopic (exact) mass is 1340 g/mol. The highest BCUT2D eigenvalue weighted by atomic mass is 14.1. The molecule has 13 aromatic rings. The maximum atomic E-state index is 2.27. The van der Waals surface area contributed by atoms with Gasteiger partial charge in [-0.25, -0.2) is 0 Å². The molecule has 0 heteroatoms. The number of rotatable bonds is 4. The third-order valence-corrected chi connectivity index (χ3v) is 20.7. The molecule has 0 aliphatic heterocycles. The summed E-state index contributed by atoms with van der Waals surface area (Å²) in [5, 5.41) is 5.51. The SMILES string of the molecule is Cc1cc(C)c(C)cc1C.Cc1cc(C)c2cc(C)cc(C)c2c1.Cc1cc2cc(C)c(C)cc2cc1C.Cc1ccc(-c2ccc(C)c(C)c2)c(C)c1.Cc1ccc(-c2ccc(C)c(C)c2)c(C)c1.Cc1ccc(-c2ccc(C)c(C)c2)cc1C.Cc1ccc(-c2ccc(C)cc2C)c(C)c1. The molecule has 0 heterocycles. The molecule has 0 saturated heterocycles. The van der Waals surface area contributed by atoms with Crippen LogP contribution in [0.2, 0.25) is 0 Å². The third-order valence-electron chi connectivity index (χ3n) is 20.7. The normalized spacial score (nSPS) is 10.5. The van der Waals surface area contributed by atoms with Crippen LogP contribution in [0.4, 0.5) is 0 Å². The summed E-state index contributed by atoms with van der Waals surface area (Å²) in [6.45, 7) is 60.5.